The van der Waals surface area contributed by atoms with Crippen LogP contribution in [0, 0.1) is 0 Å². The van der Waals surface area contributed by atoms with E-state index in [9.17, 15) is 9.59 Å². The van der Waals surface area contributed by atoms with Crippen LogP contribution in [0.2, 0.25) is 0 Å². The molecule has 1 fully saturated rings. The minimum atomic E-state index is -1.82. The zero-order chi connectivity index (χ0) is 24.4. The summed E-state index contributed by atoms with van der Waals surface area (Å²) >= 11 is 0. The molecule has 0 saturated carbocycles. The van der Waals surface area contributed by atoms with Crippen molar-refractivity contribution in [2.75, 3.05) is 24.5 Å². The smallest absolute Gasteiger partial charge is 0.414 e. The monoisotopic (exact) mass is 462 g/mol. The molecule has 0 unspecified atom stereocenters. The fourth-order valence-corrected chi connectivity index (χ4v) is 3.60. The molecule has 1 aromatic carbocycles. The molecule has 0 atom stereocenters. The first-order chi connectivity index (χ1) is 15.8. The van der Waals surface area contributed by atoms with E-state index in [1.54, 1.807) is 0 Å². The number of tetrazole rings is 1. The summed E-state index contributed by atoms with van der Waals surface area (Å²) in [6.45, 7) is 7.44. The second-order valence-corrected chi connectivity index (χ2v) is 7.44. The van der Waals surface area contributed by atoms with E-state index in [0.717, 1.165) is 38.2 Å². The number of amides is 1. The molecular formula is C21H30N6O6. The lowest BCUT2D eigenvalue weighted by molar-refractivity contribution is -0.159. The summed E-state index contributed by atoms with van der Waals surface area (Å²) in [5.41, 5.74) is 0.821. The number of para-hydroxylation sites is 1. The Hall–Kier alpha value is -3.54. The normalized spacial score (nSPS) is 14.2. The molecule has 1 aromatic heterocycles. The summed E-state index contributed by atoms with van der Waals surface area (Å²) < 4.78 is 2.78. The first kappa shape index (κ1) is 25.7. The van der Waals surface area contributed by atoms with E-state index < -0.39 is 11.9 Å². The molecule has 1 aliphatic heterocycles. The van der Waals surface area contributed by atoms with Crippen molar-refractivity contribution in [2.24, 2.45) is 0 Å². The van der Waals surface area contributed by atoms with Crippen molar-refractivity contribution < 1.29 is 24.6 Å². The van der Waals surface area contributed by atoms with Gasteiger partial charge in [-0.25, -0.2) is 14.4 Å². The number of aryl methyl sites for hydroxylation is 1. The van der Waals surface area contributed by atoms with Crippen LogP contribution in [-0.4, -0.2) is 78.4 Å². The highest BCUT2D eigenvalue weighted by atomic mass is 16.4. The average molecular weight is 463 g/mol. The lowest BCUT2D eigenvalue weighted by Gasteiger charge is -2.38. The van der Waals surface area contributed by atoms with Crippen molar-refractivity contribution in [3.8, 4) is 0 Å². The van der Waals surface area contributed by atoms with Crippen LogP contribution in [0.25, 0.3) is 0 Å². The number of carboxylic acid groups (broad SMARTS) is 2. The topological polar surface area (TPSA) is 151 Å². The molecule has 2 N–H and O–H groups in total. The van der Waals surface area contributed by atoms with Crippen molar-refractivity contribution in [1.82, 2.24) is 24.7 Å². The number of carbonyl (C=O) groups is 3. The number of aliphatic carboxylic acids is 2. The molecule has 0 spiro atoms. The number of benzene rings is 1. The second-order valence-electron chi connectivity index (χ2n) is 7.44. The van der Waals surface area contributed by atoms with Gasteiger partial charge in [0, 0.05) is 44.3 Å². The van der Waals surface area contributed by atoms with Gasteiger partial charge in [0.15, 0.2) is 0 Å². The Morgan fingerprint density at radius 3 is 2.03 bits per heavy atom. The van der Waals surface area contributed by atoms with Crippen LogP contribution in [0.4, 0.5) is 5.69 Å². The molecule has 1 saturated heterocycles. The fourth-order valence-electron chi connectivity index (χ4n) is 3.60. The lowest BCUT2D eigenvalue weighted by atomic mass is 10.0. The third-order valence-corrected chi connectivity index (χ3v) is 5.34. The van der Waals surface area contributed by atoms with Gasteiger partial charge in [-0.3, -0.25) is 4.79 Å². The summed E-state index contributed by atoms with van der Waals surface area (Å²) in [6.07, 6.45) is 2.36. The van der Waals surface area contributed by atoms with Crippen LogP contribution < -0.4 is 10.6 Å². The molecule has 0 bridgehead atoms. The van der Waals surface area contributed by atoms with Crippen LogP contribution in [0.5, 0.6) is 0 Å². The first-order valence-electron chi connectivity index (χ1n) is 10.8. The summed E-state index contributed by atoms with van der Waals surface area (Å²) in [4.78, 5) is 47.0. The maximum absolute atomic E-state index is 12.5. The van der Waals surface area contributed by atoms with Gasteiger partial charge in [-0.15, -0.1) is 0 Å². The molecule has 180 valence electrons. The Labute approximate surface area is 191 Å². The molecule has 12 heteroatoms. The van der Waals surface area contributed by atoms with Gasteiger partial charge in [-0.05, 0) is 42.3 Å². The zero-order valence-electron chi connectivity index (χ0n) is 18.8. The van der Waals surface area contributed by atoms with Crippen molar-refractivity contribution in [3.05, 3.63) is 40.8 Å². The number of hydrogen-bond donors (Lipinski definition) is 2. The van der Waals surface area contributed by atoms with Crippen LogP contribution in [-0.2, 0) is 27.5 Å². The van der Waals surface area contributed by atoms with Crippen molar-refractivity contribution in [2.45, 2.75) is 52.2 Å². The highest BCUT2D eigenvalue weighted by Gasteiger charge is 2.28. The maximum Gasteiger partial charge on any atom is 0.414 e. The Balaban J connectivity index is 0.000000569. The molecule has 3 rings (SSSR count). The summed E-state index contributed by atoms with van der Waals surface area (Å²) in [5.74, 6) is -3.48. The quantitative estimate of drug-likeness (QED) is 0.561. The highest BCUT2D eigenvalue weighted by Crippen LogP contribution is 2.24. The molecule has 12 nitrogen and oxygen atoms in total. The Morgan fingerprint density at radius 2 is 1.55 bits per heavy atom. The van der Waals surface area contributed by atoms with Gasteiger partial charge in [-0.2, -0.15) is 9.36 Å². The second kappa shape index (κ2) is 12.5. The van der Waals surface area contributed by atoms with Gasteiger partial charge < -0.3 is 20.0 Å². The van der Waals surface area contributed by atoms with Gasteiger partial charge >= 0.3 is 17.6 Å². The van der Waals surface area contributed by atoms with Gasteiger partial charge in [0.2, 0.25) is 5.91 Å². The number of aromatic nitrogens is 4. The third kappa shape index (κ3) is 7.24. The molecule has 33 heavy (non-hydrogen) atoms. The summed E-state index contributed by atoms with van der Waals surface area (Å²) in [7, 11) is 0. The molecular weight excluding hydrogens is 432 g/mol. The number of hydrogen-bond acceptors (Lipinski definition) is 7. The number of carboxylic acids is 2. The van der Waals surface area contributed by atoms with E-state index in [0.29, 0.717) is 19.5 Å². The number of nitrogens with zero attached hydrogens (tertiary/aromatic N) is 6. The molecule has 1 aliphatic rings. The van der Waals surface area contributed by atoms with Crippen LogP contribution in [0.1, 0.15) is 33.1 Å². The predicted molar refractivity (Wildman–Crippen MR) is 119 cm³/mol. The van der Waals surface area contributed by atoms with E-state index in [1.165, 1.54) is 9.36 Å². The van der Waals surface area contributed by atoms with E-state index in [1.807, 2.05) is 49.1 Å². The minimum Gasteiger partial charge on any atom is -0.473 e. The Morgan fingerprint density at radius 1 is 0.970 bits per heavy atom. The first-order valence-corrected chi connectivity index (χ1v) is 10.8. The maximum atomic E-state index is 12.5. The minimum absolute atomic E-state index is 0.156. The highest BCUT2D eigenvalue weighted by molar-refractivity contribution is 6.27. The molecule has 2 aromatic rings. The number of carbonyl (C=O) groups excluding carboxylic acids is 1. The van der Waals surface area contributed by atoms with E-state index in [2.05, 4.69) is 15.3 Å². The lowest BCUT2D eigenvalue weighted by Crippen LogP contribution is -2.48. The van der Waals surface area contributed by atoms with E-state index in [4.69, 9.17) is 19.8 Å². The number of rotatable bonds is 7. The van der Waals surface area contributed by atoms with Gasteiger partial charge in [-0.1, -0.05) is 25.1 Å². The molecule has 0 radical (unpaired) electrons. The molecule has 0 aliphatic carbocycles. The largest absolute Gasteiger partial charge is 0.473 e. The van der Waals surface area contributed by atoms with Gasteiger partial charge in [0.05, 0.1) is 6.54 Å². The van der Waals surface area contributed by atoms with E-state index >= 15 is 0 Å². The summed E-state index contributed by atoms with van der Waals surface area (Å²) in [5, 5.41) is 22.6. The van der Waals surface area contributed by atoms with Gasteiger partial charge in [0.25, 0.3) is 0 Å². The average Bonchev–Trinajstić information content (AvgIpc) is 3.19. The number of piperidine rings is 1. The Bertz CT molecular complexity index is 969. The van der Waals surface area contributed by atoms with Crippen molar-refractivity contribution in [1.29, 1.82) is 0 Å². The standard InChI is InChI=1S/C19H28N6O2.C2H2O4/c1-3-18(26)25(16-8-6-5-7-9-16)17-10-12-22(13-11-17)14-15-24-19(27)23(4-2)20-21-24;3-1(4)2(5)6/h5-9,17H,3-4,10-15H2,1-2H3;(H,3,4)(H,5,6). The SMILES string of the molecule is CCC(=O)N(c1ccccc1)C1CCN(CCn2nnn(CC)c2=O)CC1.O=C(O)C(=O)O. The van der Waals surface area contributed by atoms with Crippen LogP contribution in [0.15, 0.2) is 35.1 Å². The van der Waals surface area contributed by atoms with Crippen LogP contribution >= 0.6 is 0 Å². The molecule has 2 heterocycles. The number of likely N-dealkylation sites (tertiary alicyclic amines) is 1. The van der Waals surface area contributed by atoms with Crippen LogP contribution in [0.3, 0.4) is 0 Å². The third-order valence-electron chi connectivity index (χ3n) is 5.34. The predicted octanol–water partition coefficient (Wildman–Crippen LogP) is 0.523. The van der Waals surface area contributed by atoms with Crippen molar-refractivity contribution in [3.63, 3.8) is 0 Å². The zero-order valence-corrected chi connectivity index (χ0v) is 18.8. The van der Waals surface area contributed by atoms with Gasteiger partial charge in [0.1, 0.15) is 0 Å². The Kier molecular flexibility index (Phi) is 9.73. The summed E-state index contributed by atoms with van der Waals surface area (Å²) in [6, 6.07) is 10.1. The van der Waals surface area contributed by atoms with Crippen molar-refractivity contribution >= 4 is 23.5 Å². The number of anilines is 1. The van der Waals surface area contributed by atoms with E-state index in [-0.39, 0.29) is 17.6 Å². The molecule has 1 amide bonds. The fraction of sp³-hybridized carbons (Fsp3) is 0.524.